The predicted molar refractivity (Wildman–Crippen MR) is 236 cm³/mol. The summed E-state index contributed by atoms with van der Waals surface area (Å²) in [6.07, 6.45) is 0. The summed E-state index contributed by atoms with van der Waals surface area (Å²) in [6, 6.07) is 63.8. The molecule has 0 atom stereocenters. The lowest BCUT2D eigenvalue weighted by molar-refractivity contribution is 0.669. The second-order valence-corrected chi connectivity index (χ2v) is 15.4. The molecule has 0 fully saturated rings. The molecule has 0 N–H and O–H groups in total. The molecule has 57 heavy (non-hydrogen) atoms. The number of furan rings is 1. The first-order valence-corrected chi connectivity index (χ1v) is 19.8. The highest BCUT2D eigenvalue weighted by Crippen LogP contribution is 2.43. The van der Waals surface area contributed by atoms with Crippen LogP contribution in [0.2, 0.25) is 0 Å². The average molecular weight is 747 g/mol. The maximum absolute atomic E-state index is 6.60. The highest BCUT2D eigenvalue weighted by atomic mass is 32.1. The zero-order chi connectivity index (χ0) is 37.5. The molecule has 5 nitrogen and oxygen atoms in total. The number of nitrogens with zero attached hydrogens (tertiary/aromatic N) is 4. The molecule has 12 rings (SSSR count). The van der Waals surface area contributed by atoms with Crippen molar-refractivity contribution in [1.29, 1.82) is 0 Å². The second-order valence-electron chi connectivity index (χ2n) is 14.4. The van der Waals surface area contributed by atoms with E-state index < -0.39 is 0 Å². The van der Waals surface area contributed by atoms with E-state index in [0.29, 0.717) is 17.5 Å². The fourth-order valence-corrected chi connectivity index (χ4v) is 9.64. The van der Waals surface area contributed by atoms with Crippen LogP contribution < -0.4 is 0 Å². The van der Waals surface area contributed by atoms with Crippen LogP contribution in [0.25, 0.3) is 115 Å². The van der Waals surface area contributed by atoms with Crippen molar-refractivity contribution >= 4 is 75.3 Å². The van der Waals surface area contributed by atoms with Crippen molar-refractivity contribution in [2.75, 3.05) is 0 Å². The summed E-state index contributed by atoms with van der Waals surface area (Å²) in [7, 11) is 0. The fourth-order valence-electron chi connectivity index (χ4n) is 8.48. The standard InChI is InChI=1S/C51H30N4OS/c1-3-13-31(14-4-1)49-52-50(32-15-5-2-6-16-32)54-51(53-49)39-19-11-23-43-47(39)37-27-25-33(29-44(37)56-43)34-26-28-38-46(30-34)57-45-24-12-22-42(48(38)45)55-40-20-9-7-17-35(40)36-18-8-10-21-41(36)55/h1-30H. The SMILES string of the molecule is c1ccc(-c2nc(-c3ccccc3)nc(-c3cccc4oc5cc(-c6ccc7c(c6)sc6cccc(-n8c9ccccc9c9ccccc98)c67)ccc5c34)n2)cc1. The molecule has 0 aliphatic carbocycles. The monoisotopic (exact) mass is 746 g/mol. The molecule has 0 aliphatic rings. The summed E-state index contributed by atoms with van der Waals surface area (Å²) in [5.74, 6) is 1.87. The van der Waals surface area contributed by atoms with Crippen LogP contribution >= 0.6 is 11.3 Å². The van der Waals surface area contributed by atoms with Gasteiger partial charge in [-0.25, -0.2) is 15.0 Å². The van der Waals surface area contributed by atoms with Gasteiger partial charge in [0, 0.05) is 58.4 Å². The Balaban J connectivity index is 0.984. The summed E-state index contributed by atoms with van der Waals surface area (Å²) in [5.41, 5.74) is 10.3. The Morgan fingerprint density at radius 2 is 0.982 bits per heavy atom. The van der Waals surface area contributed by atoms with E-state index in [9.17, 15) is 0 Å². The Kier molecular flexibility index (Phi) is 7.03. The molecule has 12 aromatic rings. The van der Waals surface area contributed by atoms with Crippen molar-refractivity contribution in [2.45, 2.75) is 0 Å². The zero-order valence-corrected chi connectivity index (χ0v) is 31.2. The van der Waals surface area contributed by atoms with Crippen molar-refractivity contribution < 1.29 is 4.42 Å². The van der Waals surface area contributed by atoms with Gasteiger partial charge in [-0.15, -0.1) is 11.3 Å². The minimum absolute atomic E-state index is 0.607. The lowest BCUT2D eigenvalue weighted by Crippen LogP contribution is -2.00. The molecule has 266 valence electrons. The van der Waals surface area contributed by atoms with Crippen LogP contribution in [0.4, 0.5) is 0 Å². The third-order valence-corrected chi connectivity index (χ3v) is 12.2. The quantitative estimate of drug-likeness (QED) is 0.176. The third-order valence-electron chi connectivity index (χ3n) is 11.1. The van der Waals surface area contributed by atoms with Crippen molar-refractivity contribution in [2.24, 2.45) is 0 Å². The van der Waals surface area contributed by atoms with Gasteiger partial charge in [0.15, 0.2) is 17.5 Å². The number of hydrogen-bond acceptors (Lipinski definition) is 5. The highest BCUT2D eigenvalue weighted by molar-refractivity contribution is 7.26. The minimum Gasteiger partial charge on any atom is -0.456 e. The normalized spacial score (nSPS) is 11.9. The van der Waals surface area contributed by atoms with E-state index in [1.165, 1.54) is 47.7 Å². The summed E-state index contributed by atoms with van der Waals surface area (Å²) in [4.78, 5) is 15.0. The van der Waals surface area contributed by atoms with Crippen LogP contribution in [0, 0.1) is 0 Å². The smallest absolute Gasteiger partial charge is 0.164 e. The van der Waals surface area contributed by atoms with Crippen molar-refractivity contribution in [3.8, 4) is 51.0 Å². The van der Waals surface area contributed by atoms with E-state index in [1.807, 2.05) is 84.1 Å². The summed E-state index contributed by atoms with van der Waals surface area (Å²) in [5, 5.41) is 7.07. The Hall–Kier alpha value is -7.41. The van der Waals surface area contributed by atoms with Gasteiger partial charge in [-0.05, 0) is 59.7 Å². The van der Waals surface area contributed by atoms with Gasteiger partial charge in [0.25, 0.3) is 0 Å². The van der Waals surface area contributed by atoms with Crippen molar-refractivity contribution in [1.82, 2.24) is 19.5 Å². The van der Waals surface area contributed by atoms with Gasteiger partial charge in [-0.2, -0.15) is 0 Å². The van der Waals surface area contributed by atoms with Crippen LogP contribution in [0.5, 0.6) is 0 Å². The Labute approximate surface area is 330 Å². The van der Waals surface area contributed by atoms with Crippen LogP contribution in [0.3, 0.4) is 0 Å². The third kappa shape index (κ3) is 5.04. The molecule has 0 amide bonds. The van der Waals surface area contributed by atoms with Crippen LogP contribution in [-0.2, 0) is 0 Å². The molecule has 0 radical (unpaired) electrons. The summed E-state index contributed by atoms with van der Waals surface area (Å²) in [6.45, 7) is 0. The van der Waals surface area contributed by atoms with Gasteiger partial charge in [0.05, 0.1) is 16.7 Å². The summed E-state index contributed by atoms with van der Waals surface area (Å²) < 4.78 is 11.5. The second kappa shape index (κ2) is 12.6. The van der Waals surface area contributed by atoms with E-state index >= 15 is 0 Å². The Morgan fingerprint density at radius 1 is 0.386 bits per heavy atom. The topological polar surface area (TPSA) is 56.7 Å². The Morgan fingerprint density at radius 3 is 1.68 bits per heavy atom. The average Bonchev–Trinajstić information content (AvgIpc) is 3.96. The largest absolute Gasteiger partial charge is 0.456 e. The van der Waals surface area contributed by atoms with Gasteiger partial charge in [-0.1, -0.05) is 133 Å². The first kappa shape index (κ1) is 31.9. The molecule has 0 aliphatic heterocycles. The molecule has 0 unspecified atom stereocenters. The number of thiophene rings is 1. The first-order chi connectivity index (χ1) is 28.2. The van der Waals surface area contributed by atoms with E-state index in [-0.39, 0.29) is 0 Å². The number of aromatic nitrogens is 4. The molecule has 6 heteroatoms. The van der Waals surface area contributed by atoms with Gasteiger partial charge in [-0.3, -0.25) is 0 Å². The van der Waals surface area contributed by atoms with E-state index in [0.717, 1.165) is 49.8 Å². The number of benzene rings is 8. The van der Waals surface area contributed by atoms with Crippen molar-refractivity contribution in [3.63, 3.8) is 0 Å². The maximum atomic E-state index is 6.60. The van der Waals surface area contributed by atoms with Crippen LogP contribution in [-0.4, -0.2) is 19.5 Å². The molecular weight excluding hydrogens is 717 g/mol. The molecular formula is C51H30N4OS. The highest BCUT2D eigenvalue weighted by Gasteiger charge is 2.20. The lowest BCUT2D eigenvalue weighted by atomic mass is 10.0. The fraction of sp³-hybridized carbons (Fsp3) is 0. The van der Waals surface area contributed by atoms with Gasteiger partial charge >= 0.3 is 0 Å². The number of fused-ring (bicyclic) bond motifs is 9. The number of para-hydroxylation sites is 2. The molecule has 4 heterocycles. The van der Waals surface area contributed by atoms with E-state index in [1.54, 1.807) is 0 Å². The number of rotatable bonds is 5. The molecule has 0 bridgehead atoms. The molecule has 4 aromatic heterocycles. The summed E-state index contributed by atoms with van der Waals surface area (Å²) >= 11 is 1.84. The van der Waals surface area contributed by atoms with Crippen molar-refractivity contribution in [3.05, 3.63) is 182 Å². The predicted octanol–water partition coefficient (Wildman–Crippen LogP) is 13.9. The molecule has 0 saturated carbocycles. The Bertz CT molecular complexity index is 3420. The minimum atomic E-state index is 0.607. The molecule has 0 spiro atoms. The van der Waals surface area contributed by atoms with Crippen LogP contribution in [0.15, 0.2) is 186 Å². The molecule has 0 saturated heterocycles. The lowest BCUT2D eigenvalue weighted by Gasteiger charge is -2.10. The van der Waals surface area contributed by atoms with E-state index in [2.05, 4.69) is 114 Å². The molecule has 8 aromatic carbocycles. The van der Waals surface area contributed by atoms with Gasteiger partial charge < -0.3 is 8.98 Å². The van der Waals surface area contributed by atoms with E-state index in [4.69, 9.17) is 19.4 Å². The first-order valence-electron chi connectivity index (χ1n) is 19.0. The maximum Gasteiger partial charge on any atom is 0.164 e. The van der Waals surface area contributed by atoms with Crippen LogP contribution in [0.1, 0.15) is 0 Å². The van der Waals surface area contributed by atoms with Gasteiger partial charge in [0.2, 0.25) is 0 Å². The zero-order valence-electron chi connectivity index (χ0n) is 30.4. The van der Waals surface area contributed by atoms with Gasteiger partial charge in [0.1, 0.15) is 11.2 Å². The number of hydrogen-bond donors (Lipinski definition) is 0.